The molecule has 0 aliphatic carbocycles. The largest absolute Gasteiger partial charge is 0.466 e. The number of aryl methyl sites for hydroxylation is 2. The Morgan fingerprint density at radius 2 is 2.32 bits per heavy atom. The molecule has 1 aliphatic rings. The second kappa shape index (κ2) is 7.06. The van der Waals surface area contributed by atoms with Crippen molar-refractivity contribution in [3.05, 3.63) is 23.2 Å². The molecule has 0 saturated carbocycles. The standard InChI is InChI=1S/C16H26N2O3S/c1-11-7-14(12(2)21-11)16(3,20)10-17-15(19)8-18(4)13-5-6-22-9-13/h7,13,20H,5-6,8-10H2,1-4H3,(H,17,19). The molecule has 2 N–H and O–H groups in total. The minimum Gasteiger partial charge on any atom is -0.466 e. The van der Waals surface area contributed by atoms with E-state index in [0.29, 0.717) is 18.3 Å². The summed E-state index contributed by atoms with van der Waals surface area (Å²) in [6, 6.07) is 2.30. The summed E-state index contributed by atoms with van der Waals surface area (Å²) in [5.74, 6) is 3.66. The molecular weight excluding hydrogens is 300 g/mol. The van der Waals surface area contributed by atoms with Gasteiger partial charge in [0.05, 0.1) is 13.1 Å². The Kier molecular flexibility index (Phi) is 5.58. The van der Waals surface area contributed by atoms with Crippen molar-refractivity contribution < 1.29 is 14.3 Å². The Balaban J connectivity index is 1.85. The van der Waals surface area contributed by atoms with E-state index in [9.17, 15) is 9.90 Å². The SMILES string of the molecule is Cc1cc(C(C)(O)CNC(=O)CN(C)C2CCSC2)c(C)o1. The third-order valence-corrected chi connectivity index (χ3v) is 5.32. The number of carbonyl (C=O) groups is 1. The molecule has 1 amide bonds. The quantitative estimate of drug-likeness (QED) is 0.832. The molecule has 0 aromatic carbocycles. The van der Waals surface area contributed by atoms with Crippen LogP contribution in [0, 0.1) is 13.8 Å². The highest BCUT2D eigenvalue weighted by molar-refractivity contribution is 7.99. The predicted octanol–water partition coefficient (Wildman–Crippen LogP) is 1.66. The van der Waals surface area contributed by atoms with E-state index in [1.165, 1.54) is 5.75 Å². The van der Waals surface area contributed by atoms with Crippen LogP contribution < -0.4 is 5.32 Å². The summed E-state index contributed by atoms with van der Waals surface area (Å²) in [7, 11) is 1.98. The molecule has 1 aromatic heterocycles. The molecule has 1 aliphatic heterocycles. The summed E-state index contributed by atoms with van der Waals surface area (Å²) >= 11 is 1.93. The average molecular weight is 326 g/mol. The fraction of sp³-hybridized carbons (Fsp3) is 0.688. The highest BCUT2D eigenvalue weighted by Crippen LogP contribution is 2.26. The van der Waals surface area contributed by atoms with Gasteiger partial charge in [-0.15, -0.1) is 0 Å². The van der Waals surface area contributed by atoms with Gasteiger partial charge in [-0.1, -0.05) is 0 Å². The molecule has 1 saturated heterocycles. The van der Waals surface area contributed by atoms with Crippen LogP contribution in [0.15, 0.2) is 10.5 Å². The third-order valence-electron chi connectivity index (χ3n) is 4.17. The van der Waals surface area contributed by atoms with Gasteiger partial charge in [-0.2, -0.15) is 11.8 Å². The predicted molar refractivity (Wildman–Crippen MR) is 89.1 cm³/mol. The summed E-state index contributed by atoms with van der Waals surface area (Å²) in [5.41, 5.74) is -0.398. The van der Waals surface area contributed by atoms with Gasteiger partial charge < -0.3 is 14.8 Å². The summed E-state index contributed by atoms with van der Waals surface area (Å²) in [6.45, 7) is 5.91. The van der Waals surface area contributed by atoms with E-state index in [0.717, 1.165) is 23.5 Å². The van der Waals surface area contributed by atoms with Crippen molar-refractivity contribution >= 4 is 17.7 Å². The fourth-order valence-electron chi connectivity index (χ4n) is 2.81. The van der Waals surface area contributed by atoms with E-state index in [-0.39, 0.29) is 12.5 Å². The van der Waals surface area contributed by atoms with E-state index < -0.39 is 5.60 Å². The van der Waals surface area contributed by atoms with Crippen LogP contribution in [0.4, 0.5) is 0 Å². The van der Waals surface area contributed by atoms with Gasteiger partial charge >= 0.3 is 0 Å². The lowest BCUT2D eigenvalue weighted by atomic mass is 9.96. The smallest absolute Gasteiger partial charge is 0.234 e. The molecule has 1 aromatic rings. The second-order valence-electron chi connectivity index (χ2n) is 6.31. The second-order valence-corrected chi connectivity index (χ2v) is 7.46. The van der Waals surface area contributed by atoms with Gasteiger partial charge in [0.25, 0.3) is 0 Å². The van der Waals surface area contributed by atoms with Crippen molar-refractivity contribution in [2.24, 2.45) is 0 Å². The summed E-state index contributed by atoms with van der Waals surface area (Å²) < 4.78 is 5.46. The lowest BCUT2D eigenvalue weighted by Crippen LogP contribution is -2.45. The fourth-order valence-corrected chi connectivity index (χ4v) is 4.11. The summed E-state index contributed by atoms with van der Waals surface area (Å²) in [4.78, 5) is 14.2. The van der Waals surface area contributed by atoms with Crippen LogP contribution in [0.3, 0.4) is 0 Å². The van der Waals surface area contributed by atoms with E-state index in [1.54, 1.807) is 6.92 Å². The van der Waals surface area contributed by atoms with E-state index in [2.05, 4.69) is 10.2 Å². The molecule has 0 spiro atoms. The van der Waals surface area contributed by atoms with E-state index in [4.69, 9.17) is 4.42 Å². The highest BCUT2D eigenvalue weighted by Gasteiger charge is 2.29. The third kappa shape index (κ3) is 4.27. The van der Waals surface area contributed by atoms with Crippen LogP contribution in [0.2, 0.25) is 0 Å². The minimum absolute atomic E-state index is 0.0578. The van der Waals surface area contributed by atoms with Crippen molar-refractivity contribution in [1.29, 1.82) is 0 Å². The average Bonchev–Trinajstić information content (AvgIpc) is 3.06. The number of hydrogen-bond acceptors (Lipinski definition) is 5. The van der Waals surface area contributed by atoms with Crippen LogP contribution in [-0.4, -0.2) is 53.6 Å². The molecule has 124 valence electrons. The molecule has 2 rings (SSSR count). The molecule has 22 heavy (non-hydrogen) atoms. The first-order chi connectivity index (χ1) is 10.3. The maximum absolute atomic E-state index is 12.1. The Hall–Kier alpha value is -0.980. The Bertz CT molecular complexity index is 521. The van der Waals surface area contributed by atoms with Crippen molar-refractivity contribution in [2.75, 3.05) is 31.6 Å². The number of nitrogens with one attached hydrogen (secondary N) is 1. The molecular formula is C16H26N2O3S. The number of nitrogens with zero attached hydrogens (tertiary/aromatic N) is 1. The zero-order valence-electron chi connectivity index (χ0n) is 13.8. The summed E-state index contributed by atoms with van der Waals surface area (Å²) in [5, 5.41) is 13.4. The topological polar surface area (TPSA) is 65.7 Å². The molecule has 2 atom stereocenters. The maximum Gasteiger partial charge on any atom is 0.234 e. The lowest BCUT2D eigenvalue weighted by molar-refractivity contribution is -0.123. The Morgan fingerprint density at radius 3 is 2.86 bits per heavy atom. The zero-order valence-corrected chi connectivity index (χ0v) is 14.6. The van der Waals surface area contributed by atoms with Crippen LogP contribution in [-0.2, 0) is 10.4 Å². The minimum atomic E-state index is -1.13. The van der Waals surface area contributed by atoms with Gasteiger partial charge in [0.1, 0.15) is 17.1 Å². The van der Waals surface area contributed by atoms with Gasteiger partial charge in [0.2, 0.25) is 5.91 Å². The number of hydrogen-bond donors (Lipinski definition) is 2. The Labute approximate surface area is 136 Å². The molecule has 2 heterocycles. The van der Waals surface area contributed by atoms with Crippen molar-refractivity contribution in [2.45, 2.75) is 38.8 Å². The van der Waals surface area contributed by atoms with Gasteiger partial charge in [-0.05, 0) is 46.1 Å². The molecule has 1 fully saturated rings. The molecule has 0 radical (unpaired) electrons. The number of aliphatic hydroxyl groups is 1. The van der Waals surface area contributed by atoms with E-state index in [1.807, 2.05) is 38.7 Å². The number of thioether (sulfide) groups is 1. The number of likely N-dealkylation sites (N-methyl/N-ethyl adjacent to an activating group) is 1. The van der Waals surface area contributed by atoms with Crippen LogP contribution in [0.1, 0.15) is 30.4 Å². The highest BCUT2D eigenvalue weighted by atomic mass is 32.2. The first-order valence-corrected chi connectivity index (χ1v) is 8.79. The van der Waals surface area contributed by atoms with E-state index >= 15 is 0 Å². The molecule has 2 unspecified atom stereocenters. The van der Waals surface area contributed by atoms with Crippen molar-refractivity contribution in [3.8, 4) is 0 Å². The first kappa shape index (κ1) is 17.4. The number of rotatable bonds is 6. The van der Waals surface area contributed by atoms with Gasteiger partial charge in [-0.3, -0.25) is 9.69 Å². The normalized spacial score (nSPS) is 21.1. The lowest BCUT2D eigenvalue weighted by Gasteiger charge is -2.26. The van der Waals surface area contributed by atoms with Gasteiger partial charge in [-0.25, -0.2) is 0 Å². The number of carbonyl (C=O) groups excluding carboxylic acids is 1. The van der Waals surface area contributed by atoms with Gasteiger partial charge in [0.15, 0.2) is 0 Å². The first-order valence-electron chi connectivity index (χ1n) is 7.64. The van der Waals surface area contributed by atoms with Crippen molar-refractivity contribution in [1.82, 2.24) is 10.2 Å². The maximum atomic E-state index is 12.1. The van der Waals surface area contributed by atoms with Crippen LogP contribution in [0.25, 0.3) is 0 Å². The van der Waals surface area contributed by atoms with Crippen LogP contribution >= 0.6 is 11.8 Å². The number of furan rings is 1. The zero-order chi connectivity index (χ0) is 16.3. The van der Waals surface area contributed by atoms with Crippen LogP contribution in [0.5, 0.6) is 0 Å². The van der Waals surface area contributed by atoms with Gasteiger partial charge in [0, 0.05) is 17.4 Å². The molecule has 6 heteroatoms. The summed E-state index contributed by atoms with van der Waals surface area (Å²) in [6.07, 6.45) is 1.14. The monoisotopic (exact) mass is 326 g/mol. The molecule has 5 nitrogen and oxygen atoms in total. The number of amides is 1. The Morgan fingerprint density at radius 1 is 1.59 bits per heavy atom. The molecule has 0 bridgehead atoms. The van der Waals surface area contributed by atoms with Crippen molar-refractivity contribution in [3.63, 3.8) is 0 Å².